The molecule has 1 N–H and O–H groups in total. The third-order valence-electron chi connectivity index (χ3n) is 3.52. The fourth-order valence-electron chi connectivity index (χ4n) is 2.57. The van der Waals surface area contributed by atoms with E-state index in [1.165, 1.54) is 23.3 Å². The molecule has 1 aliphatic heterocycles. The van der Waals surface area contributed by atoms with Gasteiger partial charge in [-0.3, -0.25) is 0 Å². The maximum Gasteiger partial charge on any atom is 0.0513 e. The van der Waals surface area contributed by atoms with Gasteiger partial charge in [0.15, 0.2) is 0 Å². The van der Waals surface area contributed by atoms with Crippen LogP contribution in [0.2, 0.25) is 0 Å². The molecule has 2 rings (SSSR count). The first-order valence-electron chi connectivity index (χ1n) is 6.80. The second-order valence-electron chi connectivity index (χ2n) is 4.80. The monoisotopic (exact) mass is 265 g/mol. The van der Waals surface area contributed by atoms with Gasteiger partial charge >= 0.3 is 0 Å². The molecule has 2 atom stereocenters. The predicted molar refractivity (Wildman–Crippen MR) is 78.2 cm³/mol. The van der Waals surface area contributed by atoms with Crippen LogP contribution in [0.4, 0.5) is 0 Å². The van der Waals surface area contributed by atoms with Crippen molar-refractivity contribution in [2.75, 3.05) is 26.0 Å². The molecule has 0 aromatic heterocycles. The minimum absolute atomic E-state index is 0.441. The zero-order valence-electron chi connectivity index (χ0n) is 11.3. The van der Waals surface area contributed by atoms with Crippen LogP contribution >= 0.6 is 11.8 Å². The smallest absolute Gasteiger partial charge is 0.0513 e. The van der Waals surface area contributed by atoms with Gasteiger partial charge in [-0.15, -0.1) is 11.8 Å². The quantitative estimate of drug-likeness (QED) is 0.796. The van der Waals surface area contributed by atoms with Crippen LogP contribution in [0, 0.1) is 5.92 Å². The average molecular weight is 265 g/mol. The van der Waals surface area contributed by atoms with Gasteiger partial charge in [-0.25, -0.2) is 0 Å². The Hall–Kier alpha value is -0.510. The highest BCUT2D eigenvalue weighted by Gasteiger charge is 2.27. The first-order chi connectivity index (χ1) is 8.86. The second kappa shape index (κ2) is 7.17. The summed E-state index contributed by atoms with van der Waals surface area (Å²) in [5.74, 6) is 0.616. The van der Waals surface area contributed by atoms with Crippen LogP contribution in [0.15, 0.2) is 29.2 Å². The summed E-state index contributed by atoms with van der Waals surface area (Å²) >= 11 is 1.84. The van der Waals surface area contributed by atoms with Crippen LogP contribution in [-0.2, 0) is 4.74 Å². The standard InChI is InChI=1S/C15H23NOS/c1-3-9-16-15(12-8-10-17-11-12)13-6-4-5-7-14(13)18-2/h4-7,12,15-16H,3,8-11H2,1-2H3. The highest BCUT2D eigenvalue weighted by molar-refractivity contribution is 7.98. The molecule has 1 heterocycles. The molecule has 3 heteroatoms. The number of benzene rings is 1. The molecule has 1 saturated heterocycles. The Morgan fingerprint density at radius 1 is 1.44 bits per heavy atom. The van der Waals surface area contributed by atoms with Crippen molar-refractivity contribution >= 4 is 11.8 Å². The highest BCUT2D eigenvalue weighted by atomic mass is 32.2. The molecule has 1 aromatic carbocycles. The average Bonchev–Trinajstić information content (AvgIpc) is 2.94. The van der Waals surface area contributed by atoms with Gasteiger partial charge in [0.1, 0.15) is 0 Å². The van der Waals surface area contributed by atoms with Crippen LogP contribution in [-0.4, -0.2) is 26.0 Å². The zero-order chi connectivity index (χ0) is 12.8. The molecule has 0 saturated carbocycles. The van der Waals surface area contributed by atoms with Crippen LogP contribution in [0.5, 0.6) is 0 Å². The van der Waals surface area contributed by atoms with E-state index in [9.17, 15) is 0 Å². The molecule has 1 aliphatic rings. The summed E-state index contributed by atoms with van der Waals surface area (Å²) in [7, 11) is 0. The maximum atomic E-state index is 5.57. The molecule has 18 heavy (non-hydrogen) atoms. The number of hydrogen-bond donors (Lipinski definition) is 1. The molecule has 0 bridgehead atoms. The minimum Gasteiger partial charge on any atom is -0.381 e. The fraction of sp³-hybridized carbons (Fsp3) is 0.600. The lowest BCUT2D eigenvalue weighted by atomic mass is 9.92. The van der Waals surface area contributed by atoms with Gasteiger partial charge < -0.3 is 10.1 Å². The fourth-order valence-corrected chi connectivity index (χ4v) is 3.21. The Kier molecular flexibility index (Phi) is 5.54. The number of hydrogen-bond acceptors (Lipinski definition) is 3. The molecule has 2 unspecified atom stereocenters. The molecule has 0 radical (unpaired) electrons. The highest BCUT2D eigenvalue weighted by Crippen LogP contribution is 2.33. The van der Waals surface area contributed by atoms with Crippen molar-refractivity contribution in [2.45, 2.75) is 30.7 Å². The van der Waals surface area contributed by atoms with E-state index in [4.69, 9.17) is 4.74 Å². The maximum absolute atomic E-state index is 5.57. The summed E-state index contributed by atoms with van der Waals surface area (Å²) < 4.78 is 5.57. The lowest BCUT2D eigenvalue weighted by molar-refractivity contribution is 0.176. The van der Waals surface area contributed by atoms with Gasteiger partial charge in [0.2, 0.25) is 0 Å². The van der Waals surface area contributed by atoms with Crippen molar-refractivity contribution in [2.24, 2.45) is 5.92 Å². The molecule has 0 amide bonds. The summed E-state index contributed by atoms with van der Waals surface area (Å²) in [6, 6.07) is 9.19. The van der Waals surface area contributed by atoms with Crippen molar-refractivity contribution in [3.05, 3.63) is 29.8 Å². The van der Waals surface area contributed by atoms with E-state index >= 15 is 0 Å². The lowest BCUT2D eigenvalue weighted by Crippen LogP contribution is -2.29. The Balaban J connectivity index is 2.20. The molecule has 1 aromatic rings. The molecule has 0 aliphatic carbocycles. The molecular weight excluding hydrogens is 242 g/mol. The summed E-state index contributed by atoms with van der Waals surface area (Å²) in [6.07, 6.45) is 4.50. The first-order valence-corrected chi connectivity index (χ1v) is 8.03. The van der Waals surface area contributed by atoms with Gasteiger partial charge in [-0.1, -0.05) is 25.1 Å². The summed E-state index contributed by atoms with van der Waals surface area (Å²) in [5, 5.41) is 3.71. The number of nitrogens with one attached hydrogen (secondary N) is 1. The third-order valence-corrected chi connectivity index (χ3v) is 4.34. The second-order valence-corrected chi connectivity index (χ2v) is 5.65. The Bertz CT molecular complexity index is 363. The van der Waals surface area contributed by atoms with Crippen molar-refractivity contribution < 1.29 is 4.74 Å². The predicted octanol–water partition coefficient (Wildman–Crippen LogP) is 3.49. The summed E-state index contributed by atoms with van der Waals surface area (Å²) in [6.45, 7) is 5.10. The van der Waals surface area contributed by atoms with Gasteiger partial charge in [0, 0.05) is 23.5 Å². The largest absolute Gasteiger partial charge is 0.381 e. The molecule has 0 spiro atoms. The zero-order valence-corrected chi connectivity index (χ0v) is 12.1. The van der Waals surface area contributed by atoms with Crippen molar-refractivity contribution in [1.82, 2.24) is 5.32 Å². The minimum atomic E-state index is 0.441. The lowest BCUT2D eigenvalue weighted by Gasteiger charge is -2.26. The molecule has 1 fully saturated rings. The van der Waals surface area contributed by atoms with E-state index in [0.29, 0.717) is 12.0 Å². The third kappa shape index (κ3) is 3.28. The van der Waals surface area contributed by atoms with Crippen LogP contribution in [0.1, 0.15) is 31.4 Å². The molecule has 100 valence electrons. The van der Waals surface area contributed by atoms with Crippen LogP contribution < -0.4 is 5.32 Å². The van der Waals surface area contributed by atoms with Crippen molar-refractivity contribution in [1.29, 1.82) is 0 Å². The SMILES string of the molecule is CCCNC(c1ccccc1SC)C1CCOC1. The van der Waals surface area contributed by atoms with E-state index < -0.39 is 0 Å². The Morgan fingerprint density at radius 3 is 2.94 bits per heavy atom. The van der Waals surface area contributed by atoms with Gasteiger partial charge in [-0.2, -0.15) is 0 Å². The number of ether oxygens (including phenoxy) is 1. The van der Waals surface area contributed by atoms with Crippen molar-refractivity contribution in [3.63, 3.8) is 0 Å². The normalized spacial score (nSPS) is 21.1. The van der Waals surface area contributed by atoms with E-state index in [-0.39, 0.29) is 0 Å². The summed E-state index contributed by atoms with van der Waals surface area (Å²) in [4.78, 5) is 1.39. The van der Waals surface area contributed by atoms with Crippen LogP contribution in [0.3, 0.4) is 0 Å². The van der Waals surface area contributed by atoms with E-state index in [1.54, 1.807) is 0 Å². The van der Waals surface area contributed by atoms with Crippen LogP contribution in [0.25, 0.3) is 0 Å². The number of rotatable bonds is 6. The van der Waals surface area contributed by atoms with E-state index in [1.807, 2.05) is 11.8 Å². The van der Waals surface area contributed by atoms with Gasteiger partial charge in [-0.05, 0) is 37.3 Å². The first kappa shape index (κ1) is 13.9. The molecule has 2 nitrogen and oxygen atoms in total. The Labute approximate surface area is 114 Å². The van der Waals surface area contributed by atoms with Crippen molar-refractivity contribution in [3.8, 4) is 0 Å². The van der Waals surface area contributed by atoms with E-state index in [0.717, 1.165) is 19.8 Å². The van der Waals surface area contributed by atoms with Gasteiger partial charge in [0.25, 0.3) is 0 Å². The van der Waals surface area contributed by atoms with Gasteiger partial charge in [0.05, 0.1) is 6.61 Å². The topological polar surface area (TPSA) is 21.3 Å². The number of thioether (sulfide) groups is 1. The summed E-state index contributed by atoms with van der Waals surface area (Å²) in [5.41, 5.74) is 1.44. The Morgan fingerprint density at radius 2 is 2.28 bits per heavy atom. The van der Waals surface area contributed by atoms with E-state index in [2.05, 4.69) is 42.8 Å². The molecular formula is C15H23NOS.